The van der Waals surface area contributed by atoms with Crippen LogP contribution >= 0.6 is 11.6 Å². The summed E-state index contributed by atoms with van der Waals surface area (Å²) in [5.41, 5.74) is 0.0961. The molecule has 1 nitrogen and oxygen atoms in total. The van der Waals surface area contributed by atoms with Crippen LogP contribution < -0.4 is 0 Å². The molecule has 16 heavy (non-hydrogen) atoms. The zero-order chi connectivity index (χ0) is 11.9. The van der Waals surface area contributed by atoms with Gasteiger partial charge in [0.15, 0.2) is 11.6 Å². The predicted octanol–water partition coefficient (Wildman–Crippen LogP) is 3.70. The minimum Gasteiger partial charge on any atom is -0.248 e. The van der Waals surface area contributed by atoms with Crippen molar-refractivity contribution in [1.29, 1.82) is 0 Å². The number of aryl methyl sites for hydroxylation is 1. The summed E-state index contributed by atoms with van der Waals surface area (Å²) in [6.07, 6.45) is 0. The summed E-state index contributed by atoms with van der Waals surface area (Å²) in [7, 11) is 0. The number of aromatic nitrogens is 1. The molecular weight excluding hydrogens is 239 g/mol. The van der Waals surface area contributed by atoms with Crippen LogP contribution in [0.3, 0.4) is 0 Å². The fourth-order valence-electron chi connectivity index (χ4n) is 1.49. The molecule has 84 valence electrons. The van der Waals surface area contributed by atoms with Gasteiger partial charge in [0, 0.05) is 0 Å². The maximum absolute atomic E-state index is 13.6. The third-order valence-corrected chi connectivity index (χ3v) is 2.61. The van der Waals surface area contributed by atoms with Crippen molar-refractivity contribution in [3.8, 4) is 0 Å². The molecule has 0 saturated carbocycles. The number of pyridine rings is 1. The van der Waals surface area contributed by atoms with E-state index in [4.69, 9.17) is 11.6 Å². The Bertz CT molecular complexity index is 569. The summed E-state index contributed by atoms with van der Waals surface area (Å²) in [5, 5.41) is -0.425. The van der Waals surface area contributed by atoms with Crippen LogP contribution in [0.4, 0.5) is 13.2 Å². The van der Waals surface area contributed by atoms with E-state index in [1.807, 2.05) is 0 Å². The van der Waals surface area contributed by atoms with Crippen molar-refractivity contribution >= 4 is 22.5 Å². The molecular formula is C11H7ClF3N. The molecule has 1 aromatic heterocycles. The standard InChI is InChI=1S/C11H7ClF3N/c1-5-2-3-6-8(9(5)13)11(15)10(14)7(4-12)16-6/h2-3H,4H2,1H3. The lowest BCUT2D eigenvalue weighted by atomic mass is 10.1. The molecule has 0 aliphatic rings. The summed E-state index contributed by atoms with van der Waals surface area (Å²) in [4.78, 5) is 3.77. The molecule has 0 fully saturated rings. The van der Waals surface area contributed by atoms with Crippen molar-refractivity contribution in [2.45, 2.75) is 12.8 Å². The van der Waals surface area contributed by atoms with Gasteiger partial charge in [-0.1, -0.05) is 6.07 Å². The molecule has 2 aromatic rings. The van der Waals surface area contributed by atoms with E-state index in [0.29, 0.717) is 0 Å². The van der Waals surface area contributed by atoms with Gasteiger partial charge in [0.25, 0.3) is 0 Å². The number of hydrogen-bond acceptors (Lipinski definition) is 1. The van der Waals surface area contributed by atoms with E-state index in [2.05, 4.69) is 4.98 Å². The summed E-state index contributed by atoms with van der Waals surface area (Å²) in [6.45, 7) is 1.47. The molecule has 0 atom stereocenters. The van der Waals surface area contributed by atoms with E-state index in [1.54, 1.807) is 0 Å². The molecule has 5 heteroatoms. The van der Waals surface area contributed by atoms with E-state index < -0.39 is 22.8 Å². The number of alkyl halides is 1. The van der Waals surface area contributed by atoms with Crippen molar-refractivity contribution in [2.24, 2.45) is 0 Å². The van der Waals surface area contributed by atoms with E-state index in [0.717, 1.165) is 0 Å². The van der Waals surface area contributed by atoms with Crippen LogP contribution in [0, 0.1) is 24.4 Å². The molecule has 1 aromatic carbocycles. The highest BCUT2D eigenvalue weighted by molar-refractivity contribution is 6.17. The smallest absolute Gasteiger partial charge is 0.182 e. The first-order valence-electron chi connectivity index (χ1n) is 4.55. The van der Waals surface area contributed by atoms with E-state index in [1.165, 1.54) is 19.1 Å². The highest BCUT2D eigenvalue weighted by Gasteiger charge is 2.18. The zero-order valence-corrected chi connectivity index (χ0v) is 9.08. The van der Waals surface area contributed by atoms with Gasteiger partial charge in [-0.15, -0.1) is 11.6 Å². The second kappa shape index (κ2) is 3.94. The van der Waals surface area contributed by atoms with Gasteiger partial charge in [0.2, 0.25) is 0 Å². The Hall–Kier alpha value is -1.29. The van der Waals surface area contributed by atoms with Gasteiger partial charge in [-0.05, 0) is 18.6 Å². The van der Waals surface area contributed by atoms with Gasteiger partial charge in [0.05, 0.1) is 22.5 Å². The van der Waals surface area contributed by atoms with Crippen LogP contribution in [-0.2, 0) is 5.88 Å². The first-order valence-corrected chi connectivity index (χ1v) is 5.08. The summed E-state index contributed by atoms with van der Waals surface area (Å²) >= 11 is 5.41. The second-order valence-corrected chi connectivity index (χ2v) is 3.68. The maximum Gasteiger partial charge on any atom is 0.182 e. The van der Waals surface area contributed by atoms with Crippen molar-refractivity contribution < 1.29 is 13.2 Å². The second-order valence-electron chi connectivity index (χ2n) is 3.41. The van der Waals surface area contributed by atoms with Crippen LogP contribution in [0.2, 0.25) is 0 Å². The third kappa shape index (κ3) is 1.53. The van der Waals surface area contributed by atoms with Gasteiger partial charge in [-0.2, -0.15) is 0 Å². The topological polar surface area (TPSA) is 12.9 Å². The van der Waals surface area contributed by atoms with Crippen molar-refractivity contribution in [3.05, 3.63) is 40.8 Å². The Morgan fingerprint density at radius 1 is 1.12 bits per heavy atom. The van der Waals surface area contributed by atoms with E-state index in [9.17, 15) is 13.2 Å². The Morgan fingerprint density at radius 2 is 1.81 bits per heavy atom. The maximum atomic E-state index is 13.6. The SMILES string of the molecule is Cc1ccc2nc(CCl)c(F)c(F)c2c1F. The van der Waals surface area contributed by atoms with E-state index >= 15 is 0 Å². The van der Waals surface area contributed by atoms with Crippen LogP contribution in [0.15, 0.2) is 12.1 Å². The minimum atomic E-state index is -1.23. The molecule has 0 saturated heterocycles. The van der Waals surface area contributed by atoms with Crippen LogP contribution in [0.5, 0.6) is 0 Å². The Kier molecular flexibility index (Phi) is 2.76. The Balaban J connectivity index is 2.93. The third-order valence-electron chi connectivity index (χ3n) is 2.36. The van der Waals surface area contributed by atoms with E-state index in [-0.39, 0.29) is 22.7 Å². The lowest BCUT2D eigenvalue weighted by Crippen LogP contribution is -2.00. The molecule has 0 spiro atoms. The average molecular weight is 246 g/mol. The molecule has 0 aliphatic heterocycles. The average Bonchev–Trinajstić information content (AvgIpc) is 2.28. The van der Waals surface area contributed by atoms with Crippen LogP contribution in [-0.4, -0.2) is 4.98 Å². The number of rotatable bonds is 1. The van der Waals surface area contributed by atoms with Crippen molar-refractivity contribution in [1.82, 2.24) is 4.98 Å². The Morgan fingerprint density at radius 3 is 2.44 bits per heavy atom. The highest BCUT2D eigenvalue weighted by atomic mass is 35.5. The van der Waals surface area contributed by atoms with Crippen LogP contribution in [0.1, 0.15) is 11.3 Å². The van der Waals surface area contributed by atoms with Crippen molar-refractivity contribution in [2.75, 3.05) is 0 Å². The van der Waals surface area contributed by atoms with Gasteiger partial charge in [0.1, 0.15) is 5.82 Å². The molecule has 2 rings (SSSR count). The number of halogens is 4. The summed E-state index contributed by atoms with van der Waals surface area (Å²) in [5.74, 6) is -3.47. The first kappa shape index (κ1) is 11.2. The number of benzene rings is 1. The van der Waals surface area contributed by atoms with Gasteiger partial charge in [-0.25, -0.2) is 18.2 Å². The van der Waals surface area contributed by atoms with Crippen molar-refractivity contribution in [3.63, 3.8) is 0 Å². The van der Waals surface area contributed by atoms with Gasteiger partial charge < -0.3 is 0 Å². The lowest BCUT2D eigenvalue weighted by molar-refractivity contribution is 0.500. The number of hydrogen-bond donors (Lipinski definition) is 0. The molecule has 0 unspecified atom stereocenters. The minimum absolute atomic E-state index is 0.0673. The zero-order valence-electron chi connectivity index (χ0n) is 8.32. The molecule has 0 N–H and O–H groups in total. The number of fused-ring (bicyclic) bond motifs is 1. The fourth-order valence-corrected chi connectivity index (χ4v) is 1.67. The monoisotopic (exact) mass is 245 g/mol. The molecule has 0 aliphatic carbocycles. The molecule has 0 radical (unpaired) electrons. The molecule has 0 bridgehead atoms. The van der Waals surface area contributed by atoms with Gasteiger partial charge in [-0.3, -0.25) is 0 Å². The van der Waals surface area contributed by atoms with Gasteiger partial charge >= 0.3 is 0 Å². The largest absolute Gasteiger partial charge is 0.248 e. The molecule has 1 heterocycles. The summed E-state index contributed by atoms with van der Waals surface area (Å²) < 4.78 is 40.5. The fraction of sp³-hybridized carbons (Fsp3) is 0.182. The quantitative estimate of drug-likeness (QED) is 0.698. The Labute approximate surface area is 94.9 Å². The molecule has 0 amide bonds. The van der Waals surface area contributed by atoms with Crippen LogP contribution in [0.25, 0.3) is 10.9 Å². The summed E-state index contributed by atoms with van der Waals surface area (Å²) in [6, 6.07) is 2.90. The highest BCUT2D eigenvalue weighted by Crippen LogP contribution is 2.26. The lowest BCUT2D eigenvalue weighted by Gasteiger charge is -2.06. The normalized spacial score (nSPS) is 11.1. The number of nitrogens with zero attached hydrogens (tertiary/aromatic N) is 1. The predicted molar refractivity (Wildman–Crippen MR) is 55.9 cm³/mol. The first-order chi connectivity index (χ1) is 7.56.